The molecule has 3 rings (SSSR count). The number of hydrogen-bond donors (Lipinski definition) is 1. The van der Waals surface area contributed by atoms with Gasteiger partial charge in [0.2, 0.25) is 18.6 Å². The summed E-state index contributed by atoms with van der Waals surface area (Å²) in [6, 6.07) is 5.71. The predicted octanol–water partition coefficient (Wildman–Crippen LogP) is 1.24. The first-order chi connectivity index (χ1) is 11.7. The summed E-state index contributed by atoms with van der Waals surface area (Å²) >= 11 is 0. The van der Waals surface area contributed by atoms with Crippen LogP contribution in [0.3, 0.4) is 0 Å². The number of nitrogens with zero attached hydrogens (tertiary/aromatic N) is 2. The second kappa shape index (κ2) is 7.78. The van der Waals surface area contributed by atoms with Gasteiger partial charge in [0.15, 0.2) is 17.3 Å². The first-order valence-electron chi connectivity index (χ1n) is 7.70. The number of benzene rings is 1. The van der Waals surface area contributed by atoms with Crippen molar-refractivity contribution in [1.82, 2.24) is 15.5 Å². The molecule has 2 heterocycles. The van der Waals surface area contributed by atoms with Crippen molar-refractivity contribution in [2.45, 2.75) is 25.9 Å². The minimum absolute atomic E-state index is 0.0238. The van der Waals surface area contributed by atoms with Gasteiger partial charge in [-0.25, -0.2) is 0 Å². The number of aryl methyl sites for hydroxylation is 1. The first-order valence-corrected chi connectivity index (χ1v) is 7.70. The Morgan fingerprint density at radius 2 is 2.17 bits per heavy atom. The zero-order valence-corrected chi connectivity index (χ0v) is 13.4. The molecule has 128 valence electrons. The average molecular weight is 333 g/mol. The van der Waals surface area contributed by atoms with Crippen LogP contribution in [0.1, 0.15) is 23.7 Å². The highest BCUT2D eigenvalue weighted by atomic mass is 16.7. The molecule has 8 heteroatoms. The molecule has 0 fully saturated rings. The molecule has 1 N–H and O–H groups in total. The standard InChI is InChI=1S/C16H19N3O5/c1-21-9-14-18-16(24-19-14)6-7-17-15(20)5-3-11-2-4-12-13(8-11)23-10-22-12/h2,4,8H,3,5-7,9-10H2,1H3,(H,17,20). The van der Waals surface area contributed by atoms with Crippen molar-refractivity contribution in [2.75, 3.05) is 20.4 Å². The topological polar surface area (TPSA) is 95.7 Å². The summed E-state index contributed by atoms with van der Waals surface area (Å²) < 4.78 is 20.6. The Balaban J connectivity index is 1.38. The average Bonchev–Trinajstić information content (AvgIpc) is 3.22. The van der Waals surface area contributed by atoms with E-state index in [1.54, 1.807) is 7.11 Å². The normalized spacial score (nSPS) is 12.4. The van der Waals surface area contributed by atoms with Gasteiger partial charge < -0.3 is 24.1 Å². The van der Waals surface area contributed by atoms with Gasteiger partial charge in [-0.05, 0) is 24.1 Å². The van der Waals surface area contributed by atoms with Gasteiger partial charge in [-0.15, -0.1) is 0 Å². The van der Waals surface area contributed by atoms with E-state index in [9.17, 15) is 4.79 Å². The molecule has 0 unspecified atom stereocenters. The number of ether oxygens (including phenoxy) is 3. The second-order valence-corrected chi connectivity index (χ2v) is 5.32. The van der Waals surface area contributed by atoms with E-state index in [4.69, 9.17) is 18.7 Å². The molecule has 1 aromatic heterocycles. The summed E-state index contributed by atoms with van der Waals surface area (Å²) in [6.45, 7) is 1.01. The van der Waals surface area contributed by atoms with Crippen LogP contribution in [-0.4, -0.2) is 36.5 Å². The van der Waals surface area contributed by atoms with Crippen molar-refractivity contribution in [3.8, 4) is 11.5 Å². The molecule has 0 bridgehead atoms. The van der Waals surface area contributed by atoms with Crippen molar-refractivity contribution < 1.29 is 23.5 Å². The molecule has 8 nitrogen and oxygen atoms in total. The van der Waals surface area contributed by atoms with Gasteiger partial charge in [-0.2, -0.15) is 4.98 Å². The van der Waals surface area contributed by atoms with E-state index >= 15 is 0 Å². The van der Waals surface area contributed by atoms with Gasteiger partial charge in [0.25, 0.3) is 0 Å². The molecule has 0 saturated heterocycles. The maximum Gasteiger partial charge on any atom is 0.231 e. The Morgan fingerprint density at radius 3 is 3.04 bits per heavy atom. The summed E-state index contributed by atoms with van der Waals surface area (Å²) in [4.78, 5) is 16.0. The molecule has 1 aromatic carbocycles. The van der Waals surface area contributed by atoms with Gasteiger partial charge in [0, 0.05) is 26.5 Å². The van der Waals surface area contributed by atoms with E-state index in [-0.39, 0.29) is 12.7 Å². The highest BCUT2D eigenvalue weighted by Gasteiger charge is 2.13. The van der Waals surface area contributed by atoms with E-state index in [1.165, 1.54) is 0 Å². The molecule has 0 aliphatic carbocycles. The molecular weight excluding hydrogens is 314 g/mol. The molecule has 0 radical (unpaired) electrons. The van der Waals surface area contributed by atoms with Crippen LogP contribution in [0.5, 0.6) is 11.5 Å². The SMILES string of the molecule is COCc1noc(CCNC(=O)CCc2ccc3c(c2)OCO3)n1. The maximum absolute atomic E-state index is 11.9. The number of fused-ring (bicyclic) bond motifs is 1. The van der Waals surface area contributed by atoms with Crippen LogP contribution in [-0.2, 0) is 29.0 Å². The monoisotopic (exact) mass is 333 g/mol. The second-order valence-electron chi connectivity index (χ2n) is 5.32. The fraction of sp³-hybridized carbons (Fsp3) is 0.438. The van der Waals surface area contributed by atoms with Crippen LogP contribution in [0.4, 0.5) is 0 Å². The minimum Gasteiger partial charge on any atom is -0.454 e. The van der Waals surface area contributed by atoms with Crippen molar-refractivity contribution in [2.24, 2.45) is 0 Å². The van der Waals surface area contributed by atoms with Crippen LogP contribution >= 0.6 is 0 Å². The molecule has 1 aliphatic rings. The third-order valence-corrected chi connectivity index (χ3v) is 3.52. The Morgan fingerprint density at radius 1 is 1.29 bits per heavy atom. The van der Waals surface area contributed by atoms with Crippen molar-refractivity contribution >= 4 is 5.91 Å². The summed E-state index contributed by atoms with van der Waals surface area (Å²) in [6.07, 6.45) is 1.53. The van der Waals surface area contributed by atoms with Gasteiger partial charge in [0.05, 0.1) is 0 Å². The van der Waals surface area contributed by atoms with Crippen molar-refractivity contribution in [3.05, 3.63) is 35.5 Å². The minimum atomic E-state index is -0.0238. The number of carbonyl (C=O) groups is 1. The molecule has 0 atom stereocenters. The number of amides is 1. The number of aromatic nitrogens is 2. The molecule has 0 saturated carbocycles. The quantitative estimate of drug-likeness (QED) is 0.776. The zero-order chi connectivity index (χ0) is 16.8. The number of carbonyl (C=O) groups excluding carboxylic acids is 1. The number of rotatable bonds is 8. The van der Waals surface area contributed by atoms with Crippen molar-refractivity contribution in [3.63, 3.8) is 0 Å². The van der Waals surface area contributed by atoms with E-state index in [0.29, 0.717) is 44.1 Å². The fourth-order valence-corrected chi connectivity index (χ4v) is 2.33. The third kappa shape index (κ3) is 4.23. The molecule has 1 aliphatic heterocycles. The number of nitrogens with one attached hydrogen (secondary N) is 1. The number of methoxy groups -OCH3 is 1. The molecule has 0 spiro atoms. The van der Waals surface area contributed by atoms with Crippen LogP contribution in [0.15, 0.2) is 22.7 Å². The predicted molar refractivity (Wildman–Crippen MR) is 82.6 cm³/mol. The van der Waals surface area contributed by atoms with Crippen molar-refractivity contribution in [1.29, 1.82) is 0 Å². The Kier molecular flexibility index (Phi) is 5.27. The molecule has 2 aromatic rings. The van der Waals surface area contributed by atoms with E-state index in [1.807, 2.05) is 18.2 Å². The molecule has 1 amide bonds. The summed E-state index contributed by atoms with van der Waals surface area (Å²) in [5, 5.41) is 6.60. The summed E-state index contributed by atoms with van der Waals surface area (Å²) in [5.41, 5.74) is 1.04. The van der Waals surface area contributed by atoms with E-state index < -0.39 is 0 Å². The Labute approximate surface area is 139 Å². The van der Waals surface area contributed by atoms with Crippen LogP contribution < -0.4 is 14.8 Å². The van der Waals surface area contributed by atoms with Crippen LogP contribution in [0, 0.1) is 0 Å². The number of hydrogen-bond acceptors (Lipinski definition) is 7. The lowest BCUT2D eigenvalue weighted by molar-refractivity contribution is -0.121. The van der Waals surface area contributed by atoms with Gasteiger partial charge in [-0.3, -0.25) is 4.79 Å². The lowest BCUT2D eigenvalue weighted by Gasteiger charge is -2.05. The summed E-state index contributed by atoms with van der Waals surface area (Å²) in [5.74, 6) is 2.44. The van der Waals surface area contributed by atoms with E-state index in [2.05, 4.69) is 15.5 Å². The zero-order valence-electron chi connectivity index (χ0n) is 13.4. The van der Waals surface area contributed by atoms with Gasteiger partial charge in [-0.1, -0.05) is 11.2 Å². The fourth-order valence-electron chi connectivity index (χ4n) is 2.33. The smallest absolute Gasteiger partial charge is 0.231 e. The lowest BCUT2D eigenvalue weighted by Crippen LogP contribution is -2.25. The highest BCUT2D eigenvalue weighted by molar-refractivity contribution is 5.76. The largest absolute Gasteiger partial charge is 0.454 e. The van der Waals surface area contributed by atoms with Gasteiger partial charge in [0.1, 0.15) is 6.61 Å². The summed E-state index contributed by atoms with van der Waals surface area (Å²) in [7, 11) is 1.57. The van der Waals surface area contributed by atoms with Crippen LogP contribution in [0.25, 0.3) is 0 Å². The van der Waals surface area contributed by atoms with Crippen LogP contribution in [0.2, 0.25) is 0 Å². The lowest BCUT2D eigenvalue weighted by atomic mass is 10.1. The Bertz CT molecular complexity index is 701. The molecular formula is C16H19N3O5. The van der Waals surface area contributed by atoms with Gasteiger partial charge >= 0.3 is 0 Å². The van der Waals surface area contributed by atoms with E-state index in [0.717, 1.165) is 17.1 Å². The highest BCUT2D eigenvalue weighted by Crippen LogP contribution is 2.32. The third-order valence-electron chi connectivity index (χ3n) is 3.52. The maximum atomic E-state index is 11.9. The Hall–Kier alpha value is -2.61. The first kappa shape index (κ1) is 16.3. The molecule has 24 heavy (non-hydrogen) atoms.